The Kier molecular flexibility index (Phi) is 4.97. The van der Waals surface area contributed by atoms with Gasteiger partial charge in [-0.05, 0) is 45.4 Å². The minimum atomic E-state index is -0.103. The van der Waals surface area contributed by atoms with E-state index in [0.29, 0.717) is 13.2 Å². The van der Waals surface area contributed by atoms with Gasteiger partial charge in [0.15, 0.2) is 0 Å². The van der Waals surface area contributed by atoms with Crippen molar-refractivity contribution in [2.45, 2.75) is 39.4 Å². The smallest absolute Gasteiger partial charge is 0.0798 e. The molecule has 1 aromatic carbocycles. The van der Waals surface area contributed by atoms with Crippen molar-refractivity contribution in [3.8, 4) is 0 Å². The van der Waals surface area contributed by atoms with Crippen molar-refractivity contribution < 1.29 is 9.47 Å². The van der Waals surface area contributed by atoms with Crippen molar-refractivity contribution in [2.24, 2.45) is 0 Å². The minimum Gasteiger partial charge on any atom is -0.399 e. The normalized spacial score (nSPS) is 13.6. The highest BCUT2D eigenvalue weighted by Gasteiger charge is 2.10. The standard InChI is InChI=1S/C14H23NO2/c1-11(12-5-7-13(15)8-6-12)16-9-10-17-14(2,3)4/h5-8,11H,9-10,15H2,1-4H3. The molecule has 1 rings (SSSR count). The van der Waals surface area contributed by atoms with Crippen LogP contribution in [0.1, 0.15) is 39.4 Å². The fraction of sp³-hybridized carbons (Fsp3) is 0.571. The third-order valence-corrected chi connectivity index (χ3v) is 2.39. The van der Waals surface area contributed by atoms with Crippen LogP contribution in [0, 0.1) is 0 Å². The summed E-state index contributed by atoms with van der Waals surface area (Å²) in [6, 6.07) is 7.76. The molecule has 0 aliphatic rings. The summed E-state index contributed by atoms with van der Waals surface area (Å²) in [5.74, 6) is 0. The molecule has 1 atom stereocenters. The Hall–Kier alpha value is -1.06. The SMILES string of the molecule is CC(OCCOC(C)(C)C)c1ccc(N)cc1. The van der Waals surface area contributed by atoms with E-state index in [1.165, 1.54) is 0 Å². The molecule has 0 aliphatic heterocycles. The molecule has 0 amide bonds. The Balaban J connectivity index is 2.30. The Morgan fingerprint density at radius 3 is 2.24 bits per heavy atom. The first-order valence-corrected chi connectivity index (χ1v) is 5.99. The summed E-state index contributed by atoms with van der Waals surface area (Å²) in [5.41, 5.74) is 7.44. The van der Waals surface area contributed by atoms with Gasteiger partial charge < -0.3 is 15.2 Å². The molecule has 0 fully saturated rings. The van der Waals surface area contributed by atoms with Gasteiger partial charge in [-0.1, -0.05) is 12.1 Å². The van der Waals surface area contributed by atoms with E-state index in [9.17, 15) is 0 Å². The third-order valence-electron chi connectivity index (χ3n) is 2.39. The Morgan fingerprint density at radius 2 is 1.71 bits per heavy atom. The van der Waals surface area contributed by atoms with Crippen molar-refractivity contribution in [2.75, 3.05) is 18.9 Å². The lowest BCUT2D eigenvalue weighted by molar-refractivity contribution is -0.0490. The summed E-state index contributed by atoms with van der Waals surface area (Å²) in [7, 11) is 0. The molecule has 0 bridgehead atoms. The minimum absolute atomic E-state index is 0.0687. The predicted molar refractivity (Wildman–Crippen MR) is 70.9 cm³/mol. The maximum Gasteiger partial charge on any atom is 0.0798 e. The van der Waals surface area contributed by atoms with Gasteiger partial charge in [-0.15, -0.1) is 0 Å². The summed E-state index contributed by atoms with van der Waals surface area (Å²) in [6.07, 6.45) is 0.0687. The van der Waals surface area contributed by atoms with Crippen LogP contribution in [0.25, 0.3) is 0 Å². The Labute approximate surface area is 104 Å². The Morgan fingerprint density at radius 1 is 1.12 bits per heavy atom. The molecule has 3 heteroatoms. The van der Waals surface area contributed by atoms with E-state index in [-0.39, 0.29) is 11.7 Å². The van der Waals surface area contributed by atoms with E-state index < -0.39 is 0 Å². The van der Waals surface area contributed by atoms with E-state index >= 15 is 0 Å². The highest BCUT2D eigenvalue weighted by atomic mass is 16.5. The van der Waals surface area contributed by atoms with E-state index in [1.54, 1.807) is 0 Å². The molecule has 0 heterocycles. The van der Waals surface area contributed by atoms with Gasteiger partial charge in [-0.2, -0.15) is 0 Å². The maximum atomic E-state index is 5.70. The molecule has 3 nitrogen and oxygen atoms in total. The van der Waals surface area contributed by atoms with Crippen LogP contribution in [-0.4, -0.2) is 18.8 Å². The van der Waals surface area contributed by atoms with Crippen LogP contribution >= 0.6 is 0 Å². The molecular weight excluding hydrogens is 214 g/mol. The zero-order valence-corrected chi connectivity index (χ0v) is 11.2. The number of hydrogen-bond donors (Lipinski definition) is 1. The molecule has 0 radical (unpaired) electrons. The zero-order chi connectivity index (χ0) is 12.9. The van der Waals surface area contributed by atoms with Gasteiger partial charge >= 0.3 is 0 Å². The first-order chi connectivity index (χ1) is 7.88. The number of anilines is 1. The summed E-state index contributed by atoms with van der Waals surface area (Å²) in [5, 5.41) is 0. The second kappa shape index (κ2) is 6.03. The molecule has 2 N–H and O–H groups in total. The van der Waals surface area contributed by atoms with Crippen molar-refractivity contribution in [1.82, 2.24) is 0 Å². The fourth-order valence-electron chi connectivity index (χ4n) is 1.44. The number of nitrogen functional groups attached to an aromatic ring is 1. The summed E-state index contributed by atoms with van der Waals surface area (Å²) in [6.45, 7) is 9.36. The summed E-state index contributed by atoms with van der Waals surface area (Å²) >= 11 is 0. The van der Waals surface area contributed by atoms with Crippen LogP contribution in [0.3, 0.4) is 0 Å². The molecule has 0 saturated heterocycles. The number of benzene rings is 1. The maximum absolute atomic E-state index is 5.70. The zero-order valence-electron chi connectivity index (χ0n) is 11.2. The van der Waals surface area contributed by atoms with Crippen LogP contribution in [0.4, 0.5) is 5.69 Å². The van der Waals surface area contributed by atoms with Crippen LogP contribution in [0.5, 0.6) is 0 Å². The molecule has 17 heavy (non-hydrogen) atoms. The van der Waals surface area contributed by atoms with Gasteiger partial charge in [-0.3, -0.25) is 0 Å². The highest BCUT2D eigenvalue weighted by molar-refractivity contribution is 5.39. The molecule has 0 saturated carbocycles. The molecule has 96 valence electrons. The van der Waals surface area contributed by atoms with Crippen LogP contribution in [0.2, 0.25) is 0 Å². The van der Waals surface area contributed by atoms with Crippen molar-refractivity contribution in [3.05, 3.63) is 29.8 Å². The average molecular weight is 237 g/mol. The predicted octanol–water partition coefficient (Wildman–Crippen LogP) is 3.16. The van der Waals surface area contributed by atoms with Gasteiger partial charge in [0.1, 0.15) is 0 Å². The monoisotopic (exact) mass is 237 g/mol. The lowest BCUT2D eigenvalue weighted by Crippen LogP contribution is -2.22. The van der Waals surface area contributed by atoms with Gasteiger partial charge in [0.05, 0.1) is 24.9 Å². The van der Waals surface area contributed by atoms with Crippen molar-refractivity contribution in [3.63, 3.8) is 0 Å². The largest absolute Gasteiger partial charge is 0.399 e. The lowest BCUT2D eigenvalue weighted by Gasteiger charge is -2.20. The molecule has 1 aromatic rings. The van der Waals surface area contributed by atoms with Gasteiger partial charge in [0, 0.05) is 5.69 Å². The van der Waals surface area contributed by atoms with E-state index in [2.05, 4.69) is 0 Å². The van der Waals surface area contributed by atoms with E-state index in [4.69, 9.17) is 15.2 Å². The molecule has 0 spiro atoms. The molecule has 1 unspecified atom stereocenters. The molecule has 0 aliphatic carbocycles. The number of hydrogen-bond acceptors (Lipinski definition) is 3. The van der Waals surface area contributed by atoms with Crippen molar-refractivity contribution in [1.29, 1.82) is 0 Å². The number of nitrogens with two attached hydrogens (primary N) is 1. The first-order valence-electron chi connectivity index (χ1n) is 5.99. The molecule has 0 aromatic heterocycles. The number of ether oxygens (including phenoxy) is 2. The quantitative estimate of drug-likeness (QED) is 0.632. The van der Waals surface area contributed by atoms with Crippen LogP contribution in [0.15, 0.2) is 24.3 Å². The van der Waals surface area contributed by atoms with Crippen molar-refractivity contribution >= 4 is 5.69 Å². The summed E-state index contributed by atoms with van der Waals surface area (Å²) < 4.78 is 11.3. The topological polar surface area (TPSA) is 44.5 Å². The number of rotatable bonds is 5. The third kappa shape index (κ3) is 5.71. The van der Waals surface area contributed by atoms with E-state index in [0.717, 1.165) is 11.3 Å². The van der Waals surface area contributed by atoms with Crippen LogP contribution in [-0.2, 0) is 9.47 Å². The Bertz CT molecular complexity index is 327. The highest BCUT2D eigenvalue weighted by Crippen LogP contribution is 2.18. The second-order valence-electron chi connectivity index (χ2n) is 5.14. The first kappa shape index (κ1) is 14.0. The fourth-order valence-corrected chi connectivity index (χ4v) is 1.44. The average Bonchev–Trinajstić information content (AvgIpc) is 2.24. The van der Waals surface area contributed by atoms with Gasteiger partial charge in [0.25, 0.3) is 0 Å². The second-order valence-corrected chi connectivity index (χ2v) is 5.14. The van der Waals surface area contributed by atoms with Gasteiger partial charge in [0.2, 0.25) is 0 Å². The lowest BCUT2D eigenvalue weighted by atomic mass is 10.1. The summed E-state index contributed by atoms with van der Waals surface area (Å²) in [4.78, 5) is 0. The van der Waals surface area contributed by atoms with Crippen LogP contribution < -0.4 is 5.73 Å². The molecular formula is C14H23NO2. The van der Waals surface area contributed by atoms with Gasteiger partial charge in [-0.25, -0.2) is 0 Å². The van der Waals surface area contributed by atoms with E-state index in [1.807, 2.05) is 52.0 Å².